The topological polar surface area (TPSA) is 0 Å². The number of hydrogen-bond donors (Lipinski definition) is 0. The van der Waals surface area contributed by atoms with E-state index in [0.29, 0.717) is 0 Å². The van der Waals surface area contributed by atoms with Crippen LogP contribution in [-0.4, -0.2) is 26.2 Å². The van der Waals surface area contributed by atoms with Crippen molar-refractivity contribution in [2.24, 2.45) is 0 Å². The highest BCUT2D eigenvalue weighted by Crippen LogP contribution is 2.65. The molecule has 0 aromatic heterocycles. The molecule has 0 N–H and O–H groups in total. The van der Waals surface area contributed by atoms with Crippen LogP contribution in [0.25, 0.3) is 0 Å². The summed E-state index contributed by atoms with van der Waals surface area (Å²) >= 11 is 0. The largest absolute Gasteiger partial charge is 0.650 e. The van der Waals surface area contributed by atoms with Crippen molar-refractivity contribution in [2.75, 3.05) is 0 Å². The second kappa shape index (κ2) is 3.55. The highest BCUT2D eigenvalue weighted by molar-refractivity contribution is 8.32. The zero-order chi connectivity index (χ0) is 11.1. The molecule has 13 heteroatoms. The van der Waals surface area contributed by atoms with E-state index < -0.39 is 32.8 Å². The number of rotatable bonds is 3. The van der Waals surface area contributed by atoms with Gasteiger partial charge >= 0.3 is 26.2 Å². The van der Waals surface area contributed by atoms with E-state index in [9.17, 15) is 37.0 Å². The molecule has 0 nitrogen and oxygen atoms in total. The summed E-state index contributed by atoms with van der Waals surface area (Å²) in [6.07, 6.45) is 0. The summed E-state index contributed by atoms with van der Waals surface area (Å²) in [5.41, 5.74) is 0. The fourth-order valence-electron chi connectivity index (χ4n) is 0.431. The lowest BCUT2D eigenvalue weighted by atomic mass is 18.7. The fraction of sp³-hybridized carbons (Fsp3) is 0. The third kappa shape index (κ3) is 3.99. The van der Waals surface area contributed by atoms with Crippen molar-refractivity contribution in [3.63, 3.8) is 0 Å². The second-order valence-electron chi connectivity index (χ2n) is 1.74. The van der Waals surface area contributed by atoms with Crippen molar-refractivity contribution in [1.29, 1.82) is 0 Å². The van der Waals surface area contributed by atoms with Gasteiger partial charge in [-0.2, -0.15) is 0 Å². The maximum absolute atomic E-state index is 11.5. The Morgan fingerprint density at radius 2 is 0.615 bits per heavy atom. The van der Waals surface area contributed by atoms with E-state index in [0.717, 1.165) is 0 Å². The molecular weight excluding hydrogens is 287 g/mol. The third-order valence-electron chi connectivity index (χ3n) is 0.761. The Balaban J connectivity index is 5.02. The second-order valence-corrected chi connectivity index (χ2v) is 17.8. The lowest BCUT2D eigenvalue weighted by molar-refractivity contribution is 0.489. The Kier molecular flexibility index (Phi) is 3.67. The molecule has 0 heterocycles. The quantitative estimate of drug-likeness (QED) is 0.322. The number of halogens is 9. The van der Waals surface area contributed by atoms with Crippen molar-refractivity contribution in [1.82, 2.24) is 0 Å². The van der Waals surface area contributed by atoms with Gasteiger partial charge in [0.15, 0.2) is 6.57 Å². The Labute approximate surface area is 70.6 Å². The summed E-state index contributed by atoms with van der Waals surface area (Å²) < 4.78 is 104. The van der Waals surface area contributed by atoms with Crippen LogP contribution in [0.2, 0.25) is 0 Å². The molecule has 0 fully saturated rings. The van der Waals surface area contributed by atoms with Gasteiger partial charge in [-0.25, -0.2) is 37.0 Å². The van der Waals surface area contributed by atoms with Crippen molar-refractivity contribution in [3.05, 3.63) is 0 Å². The molecule has 80 valence electrons. The van der Waals surface area contributed by atoms with E-state index in [1.54, 1.807) is 0 Å². The Morgan fingerprint density at radius 1 is 0.462 bits per heavy atom. The van der Waals surface area contributed by atoms with Crippen molar-refractivity contribution >= 4 is 32.8 Å². The predicted octanol–water partition coefficient (Wildman–Crippen LogP) is 3.50. The van der Waals surface area contributed by atoms with Gasteiger partial charge in [-0.05, 0) is 0 Å². The Morgan fingerprint density at radius 3 is 0.615 bits per heavy atom. The molecule has 0 aliphatic rings. The van der Waals surface area contributed by atoms with Crippen LogP contribution >= 0.6 is 6.57 Å². The van der Waals surface area contributed by atoms with Crippen LogP contribution < -0.4 is 0 Å². The molecule has 13 heavy (non-hydrogen) atoms. The summed E-state index contributed by atoms with van der Waals surface area (Å²) in [7, 11) is -22.9. The van der Waals surface area contributed by atoms with E-state index >= 15 is 0 Å². The molecule has 0 unspecified atom stereocenters. The first-order chi connectivity index (χ1) is 5.37. The molecule has 0 amide bonds. The minimum Gasteiger partial charge on any atom is -0.234 e. The first kappa shape index (κ1) is 13.5. The average molecular weight is 287 g/mol. The standard InChI is InChI=1S/F9PSi3/c1-11(2,3)10(12(4,5)6)13(7,8)9/i11+0,12+0,13+1. The first-order valence-electron chi connectivity index (χ1n) is 2.37. The summed E-state index contributed by atoms with van der Waals surface area (Å²) in [5.74, 6) is 0. The minimum atomic E-state index is -7.62. The van der Waals surface area contributed by atoms with Gasteiger partial charge in [0.2, 0.25) is 0 Å². The van der Waals surface area contributed by atoms with E-state index in [2.05, 4.69) is 0 Å². The molecule has 0 aliphatic carbocycles. The number of hydrogen-bond acceptors (Lipinski definition) is 0. The van der Waals surface area contributed by atoms with E-state index in [1.165, 1.54) is 0 Å². The van der Waals surface area contributed by atoms with E-state index in [1.807, 2.05) is 0 Å². The smallest absolute Gasteiger partial charge is 0.234 e. The van der Waals surface area contributed by atoms with Gasteiger partial charge in [0.1, 0.15) is 0 Å². The summed E-state index contributed by atoms with van der Waals surface area (Å²) in [4.78, 5) is 0. The predicted molar refractivity (Wildman–Crippen MR) is 34.2 cm³/mol. The maximum atomic E-state index is 11.5. The van der Waals surface area contributed by atoms with Gasteiger partial charge < -0.3 is 0 Å². The van der Waals surface area contributed by atoms with Crippen molar-refractivity contribution < 1.29 is 37.0 Å². The normalized spacial score (nSPS) is 15.2. The van der Waals surface area contributed by atoms with Gasteiger partial charge in [0, 0.05) is 0 Å². The molecular formula is F9PSi3. The minimum absolute atomic E-state index is 5.57. The zero-order valence-corrected chi connectivity index (χ0v) is 9.24. The molecule has 0 rings (SSSR count). The zero-order valence-electron chi connectivity index (χ0n) is 5.35. The van der Waals surface area contributed by atoms with Crippen LogP contribution in [0.4, 0.5) is 37.0 Å². The monoisotopic (exact) mass is 287 g/mol. The van der Waals surface area contributed by atoms with Crippen LogP contribution in [0.3, 0.4) is 0 Å². The van der Waals surface area contributed by atoms with Crippen LogP contribution in [-0.2, 0) is 0 Å². The van der Waals surface area contributed by atoms with Crippen molar-refractivity contribution in [3.8, 4) is 0 Å². The molecule has 0 radical (unpaired) electrons. The lowest BCUT2D eigenvalue weighted by Gasteiger charge is -2.17. The molecule has 0 atom stereocenters. The van der Waals surface area contributed by atoms with Crippen LogP contribution in [0, 0.1) is 0 Å². The molecule has 0 aromatic rings. The summed E-state index contributed by atoms with van der Waals surface area (Å²) in [5, 5.41) is 0. The lowest BCUT2D eigenvalue weighted by Crippen LogP contribution is -2.38. The van der Waals surface area contributed by atoms with Crippen molar-refractivity contribution in [2.45, 2.75) is 0 Å². The van der Waals surface area contributed by atoms with E-state index in [-0.39, 0.29) is 0 Å². The summed E-state index contributed by atoms with van der Waals surface area (Å²) in [6, 6.07) is 0. The Bertz CT molecular complexity index is 137. The molecule has 0 bridgehead atoms. The molecule has 0 saturated carbocycles. The highest BCUT2D eigenvalue weighted by Gasteiger charge is 2.79. The first-order valence-corrected chi connectivity index (χ1v) is 11.1. The average Bonchev–Trinajstić information content (AvgIpc) is 1.44. The van der Waals surface area contributed by atoms with Crippen LogP contribution in [0.1, 0.15) is 0 Å². The van der Waals surface area contributed by atoms with Gasteiger partial charge in [-0.3, -0.25) is 0 Å². The van der Waals surface area contributed by atoms with Crippen LogP contribution in [0.5, 0.6) is 0 Å². The third-order valence-corrected chi connectivity index (χ3v) is 20.5. The Hall–Kier alpha value is 0.451. The summed E-state index contributed by atoms with van der Waals surface area (Å²) in [6.45, 7) is -5.57. The molecule has 0 saturated heterocycles. The fourth-order valence-corrected chi connectivity index (χ4v) is 11.6. The van der Waals surface area contributed by atoms with Crippen LogP contribution in [0.15, 0.2) is 0 Å². The highest BCUT2D eigenvalue weighted by atomic mass is 31.9. The van der Waals surface area contributed by atoms with Gasteiger partial charge in [-0.15, -0.1) is 0 Å². The SMILES string of the molecule is F[28Si](F)(F)P([28Si](F)(F)F)[29Si](F)(F)F. The molecule has 0 spiro atoms. The van der Waals surface area contributed by atoms with E-state index in [4.69, 9.17) is 0 Å². The van der Waals surface area contributed by atoms with Gasteiger partial charge in [-0.1, -0.05) is 0 Å². The molecule has 0 aromatic carbocycles. The maximum Gasteiger partial charge on any atom is 0.650 e. The van der Waals surface area contributed by atoms with Gasteiger partial charge in [0.25, 0.3) is 0 Å². The van der Waals surface area contributed by atoms with Gasteiger partial charge in [0.05, 0.1) is 0 Å². The molecule has 0 aliphatic heterocycles.